The van der Waals surface area contributed by atoms with E-state index in [9.17, 15) is 13.2 Å². The maximum Gasteiger partial charge on any atom is 0.255 e. The number of hydrogen-bond acceptors (Lipinski definition) is 4. The van der Waals surface area contributed by atoms with Crippen molar-refractivity contribution in [2.75, 3.05) is 25.6 Å². The van der Waals surface area contributed by atoms with Crippen LogP contribution in [-0.4, -0.2) is 34.6 Å². The Labute approximate surface area is 161 Å². The molecule has 2 aromatic carbocycles. The number of rotatable bonds is 7. The summed E-state index contributed by atoms with van der Waals surface area (Å²) in [7, 11) is -2.21. The Kier molecular flexibility index (Phi) is 6.75. The summed E-state index contributed by atoms with van der Waals surface area (Å²) < 4.78 is 31.9. The van der Waals surface area contributed by atoms with Gasteiger partial charge in [-0.1, -0.05) is 45.0 Å². The Balaban J connectivity index is 2.24. The van der Waals surface area contributed by atoms with Crippen LogP contribution in [0.4, 0.5) is 5.69 Å². The Morgan fingerprint density at radius 1 is 1.07 bits per heavy atom. The van der Waals surface area contributed by atoms with Gasteiger partial charge in [0.25, 0.3) is 5.91 Å². The minimum absolute atomic E-state index is 0.0374. The van der Waals surface area contributed by atoms with Crippen molar-refractivity contribution in [1.29, 1.82) is 0 Å². The number of sulfonamides is 1. The van der Waals surface area contributed by atoms with Gasteiger partial charge in [0.2, 0.25) is 10.0 Å². The van der Waals surface area contributed by atoms with Gasteiger partial charge in [0.15, 0.2) is 0 Å². The van der Waals surface area contributed by atoms with Gasteiger partial charge >= 0.3 is 0 Å². The quantitative estimate of drug-likeness (QED) is 0.711. The number of methoxy groups -OCH3 is 1. The molecule has 0 unspecified atom stereocenters. The summed E-state index contributed by atoms with van der Waals surface area (Å²) in [6.07, 6.45) is 0. The van der Waals surface area contributed by atoms with E-state index in [1.54, 1.807) is 12.1 Å². The fraction of sp³-hybridized carbons (Fsp3) is 0.350. The molecule has 146 valence electrons. The molecule has 0 saturated carbocycles. The number of nitrogens with one attached hydrogen (secondary N) is 2. The molecule has 0 aromatic heterocycles. The molecule has 0 aliphatic heterocycles. The minimum Gasteiger partial charge on any atom is -0.383 e. The van der Waals surface area contributed by atoms with E-state index in [2.05, 4.69) is 30.8 Å². The first-order valence-corrected chi connectivity index (χ1v) is 10.1. The molecule has 0 aliphatic carbocycles. The molecule has 0 aliphatic rings. The molecule has 2 aromatic rings. The Morgan fingerprint density at radius 3 is 2.44 bits per heavy atom. The third-order valence-electron chi connectivity index (χ3n) is 3.99. The molecule has 0 spiro atoms. The molecule has 0 saturated heterocycles. The smallest absolute Gasteiger partial charge is 0.255 e. The second-order valence-electron chi connectivity index (χ2n) is 7.17. The summed E-state index contributed by atoms with van der Waals surface area (Å²) in [5.74, 6) is -0.361. The van der Waals surface area contributed by atoms with Gasteiger partial charge in [-0.25, -0.2) is 13.1 Å². The van der Waals surface area contributed by atoms with Crippen molar-refractivity contribution in [3.8, 4) is 0 Å². The zero-order valence-electron chi connectivity index (χ0n) is 16.1. The second-order valence-corrected chi connectivity index (χ2v) is 8.94. The number of amides is 1. The molecule has 0 atom stereocenters. The number of anilines is 1. The largest absolute Gasteiger partial charge is 0.383 e. The molecular weight excluding hydrogens is 364 g/mol. The highest BCUT2D eigenvalue weighted by atomic mass is 32.2. The predicted octanol–water partition coefficient (Wildman–Crippen LogP) is 3.16. The summed E-state index contributed by atoms with van der Waals surface area (Å²) in [6, 6.07) is 13.5. The number of hydrogen-bond donors (Lipinski definition) is 2. The summed E-state index contributed by atoms with van der Waals surface area (Å²) in [5, 5.41) is 2.89. The highest BCUT2D eigenvalue weighted by Crippen LogP contribution is 2.29. The average molecular weight is 391 g/mol. The van der Waals surface area contributed by atoms with Crippen molar-refractivity contribution in [1.82, 2.24) is 4.72 Å². The van der Waals surface area contributed by atoms with Crippen molar-refractivity contribution < 1.29 is 17.9 Å². The van der Waals surface area contributed by atoms with Gasteiger partial charge < -0.3 is 10.1 Å². The molecule has 2 N–H and O–H groups in total. The van der Waals surface area contributed by atoms with Gasteiger partial charge in [0, 0.05) is 24.9 Å². The van der Waals surface area contributed by atoms with E-state index in [0.29, 0.717) is 5.69 Å². The third kappa shape index (κ3) is 5.63. The van der Waals surface area contributed by atoms with Crippen LogP contribution in [0.3, 0.4) is 0 Å². The maximum atomic E-state index is 12.7. The first kappa shape index (κ1) is 21.1. The first-order valence-electron chi connectivity index (χ1n) is 8.64. The Bertz CT molecular complexity index is 902. The van der Waals surface area contributed by atoms with Crippen LogP contribution in [0.2, 0.25) is 0 Å². The van der Waals surface area contributed by atoms with Crippen LogP contribution in [0.25, 0.3) is 0 Å². The van der Waals surface area contributed by atoms with Crippen molar-refractivity contribution >= 4 is 21.6 Å². The monoisotopic (exact) mass is 390 g/mol. The van der Waals surface area contributed by atoms with E-state index in [1.807, 2.05) is 24.3 Å². The minimum atomic E-state index is -3.70. The van der Waals surface area contributed by atoms with Crippen molar-refractivity contribution in [3.63, 3.8) is 0 Å². The predicted molar refractivity (Wildman–Crippen MR) is 107 cm³/mol. The number of carbonyl (C=O) groups excluding carboxylic acids is 1. The molecule has 0 heterocycles. The summed E-state index contributed by atoms with van der Waals surface area (Å²) in [5.41, 5.74) is 1.85. The molecule has 27 heavy (non-hydrogen) atoms. The molecule has 6 nitrogen and oxygen atoms in total. The number of para-hydroxylation sites is 1. The highest BCUT2D eigenvalue weighted by Gasteiger charge is 2.20. The molecule has 1 amide bonds. The zero-order valence-corrected chi connectivity index (χ0v) is 16.9. The number of carbonyl (C=O) groups is 1. The summed E-state index contributed by atoms with van der Waals surface area (Å²) >= 11 is 0. The van der Waals surface area contributed by atoms with Crippen LogP contribution in [0.1, 0.15) is 36.7 Å². The zero-order chi connectivity index (χ0) is 20.1. The Morgan fingerprint density at radius 2 is 1.78 bits per heavy atom. The van der Waals surface area contributed by atoms with Crippen LogP contribution in [-0.2, 0) is 20.2 Å². The third-order valence-corrected chi connectivity index (χ3v) is 5.45. The second kappa shape index (κ2) is 8.65. The Hall–Kier alpha value is -2.22. The first-order chi connectivity index (χ1) is 12.6. The van der Waals surface area contributed by atoms with Crippen LogP contribution >= 0.6 is 0 Å². The lowest BCUT2D eigenvalue weighted by Gasteiger charge is -2.23. The van der Waals surface area contributed by atoms with E-state index in [1.165, 1.54) is 19.2 Å². The van der Waals surface area contributed by atoms with E-state index in [0.717, 1.165) is 5.56 Å². The lowest BCUT2D eigenvalue weighted by molar-refractivity contribution is 0.102. The summed E-state index contributed by atoms with van der Waals surface area (Å²) in [4.78, 5) is 12.7. The molecule has 0 bridgehead atoms. The van der Waals surface area contributed by atoms with Gasteiger partial charge in [-0.05, 0) is 35.2 Å². The molecule has 0 radical (unpaired) electrons. The molecule has 7 heteroatoms. The molecular formula is C20H26N2O4S. The highest BCUT2D eigenvalue weighted by molar-refractivity contribution is 7.89. The maximum absolute atomic E-state index is 12.7. The van der Waals surface area contributed by atoms with Crippen molar-refractivity contribution in [3.05, 3.63) is 59.7 Å². The number of ether oxygens (including phenoxy) is 1. The van der Waals surface area contributed by atoms with Crippen LogP contribution in [0.15, 0.2) is 53.4 Å². The number of benzene rings is 2. The molecule has 0 fully saturated rings. The topological polar surface area (TPSA) is 84.5 Å². The van der Waals surface area contributed by atoms with Crippen molar-refractivity contribution in [2.24, 2.45) is 0 Å². The van der Waals surface area contributed by atoms with Crippen LogP contribution < -0.4 is 10.0 Å². The average Bonchev–Trinajstić information content (AvgIpc) is 2.61. The van der Waals surface area contributed by atoms with Crippen LogP contribution in [0, 0.1) is 0 Å². The van der Waals surface area contributed by atoms with E-state index < -0.39 is 10.0 Å². The van der Waals surface area contributed by atoms with Gasteiger partial charge in [-0.2, -0.15) is 0 Å². The fourth-order valence-corrected chi connectivity index (χ4v) is 3.67. The van der Waals surface area contributed by atoms with Gasteiger partial charge in [-0.3, -0.25) is 4.79 Å². The van der Waals surface area contributed by atoms with E-state index in [-0.39, 0.29) is 34.9 Å². The van der Waals surface area contributed by atoms with E-state index in [4.69, 9.17) is 4.74 Å². The molecule has 2 rings (SSSR count). The lowest BCUT2D eigenvalue weighted by atomic mass is 9.86. The van der Waals surface area contributed by atoms with Gasteiger partial charge in [0.1, 0.15) is 0 Å². The van der Waals surface area contributed by atoms with E-state index >= 15 is 0 Å². The summed E-state index contributed by atoms with van der Waals surface area (Å²) in [6.45, 7) is 6.63. The van der Waals surface area contributed by atoms with Crippen LogP contribution in [0.5, 0.6) is 0 Å². The standard InChI is InChI=1S/C20H26N2O4S/c1-20(2,3)17-10-5-6-11-18(17)22-19(23)15-8-7-9-16(14-15)27(24,25)21-12-13-26-4/h5-11,14,21H,12-13H2,1-4H3,(H,22,23). The van der Waals surface area contributed by atoms with Gasteiger partial charge in [0.05, 0.1) is 11.5 Å². The van der Waals surface area contributed by atoms with Gasteiger partial charge in [-0.15, -0.1) is 0 Å². The SMILES string of the molecule is COCCNS(=O)(=O)c1cccc(C(=O)Nc2ccccc2C(C)(C)C)c1. The van der Waals surface area contributed by atoms with Crippen molar-refractivity contribution in [2.45, 2.75) is 31.1 Å². The normalized spacial score (nSPS) is 12.0. The fourth-order valence-electron chi connectivity index (χ4n) is 2.61. The lowest BCUT2D eigenvalue weighted by Crippen LogP contribution is -2.27.